The average molecular weight is 307 g/mol. The van der Waals surface area contributed by atoms with Crippen LogP contribution in [0.5, 0.6) is 11.5 Å². The molecule has 0 saturated carbocycles. The molecule has 1 aliphatic rings. The van der Waals surface area contributed by atoms with Crippen molar-refractivity contribution in [3.05, 3.63) is 53.6 Å². The maximum atomic E-state index is 5.47. The molecule has 5 nitrogen and oxygen atoms in total. The summed E-state index contributed by atoms with van der Waals surface area (Å²) in [6.45, 7) is 0. The van der Waals surface area contributed by atoms with Gasteiger partial charge in [-0.25, -0.2) is 0 Å². The van der Waals surface area contributed by atoms with Gasteiger partial charge >= 0.3 is 0 Å². The van der Waals surface area contributed by atoms with E-state index in [-0.39, 0.29) is 0 Å². The largest absolute Gasteiger partial charge is 0.497 e. The van der Waals surface area contributed by atoms with Crippen molar-refractivity contribution in [2.45, 2.75) is 6.42 Å². The number of hydrogen-bond donors (Lipinski definition) is 2. The minimum Gasteiger partial charge on any atom is -0.497 e. The van der Waals surface area contributed by atoms with Gasteiger partial charge in [-0.3, -0.25) is 5.10 Å². The number of rotatable bonds is 4. The van der Waals surface area contributed by atoms with Gasteiger partial charge in [-0.2, -0.15) is 5.10 Å². The smallest absolute Gasteiger partial charge is 0.130 e. The second-order valence-electron chi connectivity index (χ2n) is 5.44. The van der Waals surface area contributed by atoms with E-state index in [0.29, 0.717) is 0 Å². The molecular weight excluding hydrogens is 290 g/mol. The molecule has 1 heterocycles. The molecule has 0 radical (unpaired) electrons. The number of fused-ring (bicyclic) bond motifs is 3. The van der Waals surface area contributed by atoms with E-state index in [2.05, 4.69) is 21.6 Å². The summed E-state index contributed by atoms with van der Waals surface area (Å²) >= 11 is 0. The first-order valence-corrected chi connectivity index (χ1v) is 7.44. The number of benzene rings is 2. The number of aromatic amines is 1. The molecule has 0 saturated heterocycles. The lowest BCUT2D eigenvalue weighted by atomic mass is 10.1. The Balaban J connectivity index is 1.66. The molecule has 4 rings (SSSR count). The minimum absolute atomic E-state index is 0.809. The quantitative estimate of drug-likeness (QED) is 0.603. The van der Waals surface area contributed by atoms with Gasteiger partial charge in [0.15, 0.2) is 0 Å². The third-order valence-electron chi connectivity index (χ3n) is 4.19. The van der Waals surface area contributed by atoms with Crippen molar-refractivity contribution in [1.82, 2.24) is 10.2 Å². The average Bonchev–Trinajstić information content (AvgIpc) is 3.15. The summed E-state index contributed by atoms with van der Waals surface area (Å²) in [5.41, 5.74) is 5.48. The topological polar surface area (TPSA) is 59.2 Å². The van der Waals surface area contributed by atoms with Crippen molar-refractivity contribution in [2.24, 2.45) is 0 Å². The molecule has 3 aromatic rings. The van der Waals surface area contributed by atoms with Gasteiger partial charge in [0.1, 0.15) is 17.3 Å². The summed E-state index contributed by atoms with van der Waals surface area (Å²) in [6, 6.07) is 13.9. The van der Waals surface area contributed by atoms with Crippen molar-refractivity contribution >= 4 is 11.5 Å². The predicted octanol–water partition coefficient (Wildman–Crippen LogP) is 3.74. The molecule has 0 amide bonds. The fourth-order valence-corrected chi connectivity index (χ4v) is 3.02. The maximum absolute atomic E-state index is 5.47. The third kappa shape index (κ3) is 2.21. The van der Waals surface area contributed by atoms with Crippen LogP contribution in [0.2, 0.25) is 0 Å². The van der Waals surface area contributed by atoms with E-state index in [4.69, 9.17) is 9.47 Å². The zero-order valence-corrected chi connectivity index (χ0v) is 13.0. The van der Waals surface area contributed by atoms with Crippen LogP contribution in [-0.4, -0.2) is 24.4 Å². The van der Waals surface area contributed by atoms with Gasteiger partial charge in [0, 0.05) is 28.8 Å². The van der Waals surface area contributed by atoms with Crippen molar-refractivity contribution in [3.8, 4) is 22.8 Å². The zero-order valence-electron chi connectivity index (χ0n) is 13.0. The highest BCUT2D eigenvalue weighted by molar-refractivity contribution is 5.81. The monoisotopic (exact) mass is 307 g/mol. The van der Waals surface area contributed by atoms with E-state index < -0.39 is 0 Å². The summed E-state index contributed by atoms with van der Waals surface area (Å²) in [5.74, 6) is 2.67. The van der Waals surface area contributed by atoms with E-state index in [9.17, 15) is 0 Å². The number of hydrogen-bond acceptors (Lipinski definition) is 4. The zero-order chi connectivity index (χ0) is 15.8. The number of nitrogens with zero attached hydrogens (tertiary/aromatic N) is 1. The highest BCUT2D eigenvalue weighted by Crippen LogP contribution is 2.43. The Kier molecular flexibility index (Phi) is 3.19. The van der Waals surface area contributed by atoms with Crippen LogP contribution >= 0.6 is 0 Å². The van der Waals surface area contributed by atoms with E-state index in [1.807, 2.05) is 36.4 Å². The number of aromatic nitrogens is 2. The Bertz CT molecular complexity index is 853. The molecular formula is C18H17N3O2. The molecule has 0 unspecified atom stereocenters. The van der Waals surface area contributed by atoms with Crippen molar-refractivity contribution < 1.29 is 9.47 Å². The van der Waals surface area contributed by atoms with Crippen molar-refractivity contribution in [3.63, 3.8) is 0 Å². The lowest BCUT2D eigenvalue weighted by Crippen LogP contribution is -1.96. The van der Waals surface area contributed by atoms with Gasteiger partial charge in [0.25, 0.3) is 0 Å². The van der Waals surface area contributed by atoms with E-state index >= 15 is 0 Å². The van der Waals surface area contributed by atoms with Crippen LogP contribution in [0.15, 0.2) is 42.5 Å². The fourth-order valence-electron chi connectivity index (χ4n) is 3.02. The summed E-state index contributed by atoms with van der Waals surface area (Å²) in [4.78, 5) is 0. The number of methoxy groups -OCH3 is 2. The molecule has 2 N–H and O–H groups in total. The molecule has 0 fully saturated rings. The lowest BCUT2D eigenvalue weighted by molar-refractivity contribution is 0.411. The predicted molar refractivity (Wildman–Crippen MR) is 89.7 cm³/mol. The van der Waals surface area contributed by atoms with Crippen LogP contribution < -0.4 is 14.8 Å². The second kappa shape index (κ2) is 5.35. The van der Waals surface area contributed by atoms with Gasteiger partial charge in [-0.15, -0.1) is 0 Å². The SMILES string of the molecule is COc1ccc(Nc2[nH]nc3c2Cc2c(OC)cccc2-3)cc1. The molecule has 5 heteroatoms. The van der Waals surface area contributed by atoms with Crippen LogP contribution in [-0.2, 0) is 6.42 Å². The molecule has 0 atom stereocenters. The number of ether oxygens (including phenoxy) is 2. The van der Waals surface area contributed by atoms with Gasteiger partial charge in [0.05, 0.1) is 19.9 Å². The summed E-state index contributed by atoms with van der Waals surface area (Å²) < 4.78 is 10.7. The molecule has 1 aliphatic carbocycles. The Labute approximate surface area is 134 Å². The van der Waals surface area contributed by atoms with Crippen LogP contribution in [0.4, 0.5) is 11.5 Å². The van der Waals surface area contributed by atoms with Gasteiger partial charge in [0.2, 0.25) is 0 Å². The van der Waals surface area contributed by atoms with E-state index in [1.54, 1.807) is 14.2 Å². The Morgan fingerprint density at radius 2 is 1.83 bits per heavy atom. The molecule has 1 aromatic heterocycles. The first kappa shape index (κ1) is 13.7. The van der Waals surface area contributed by atoms with E-state index in [1.165, 1.54) is 11.1 Å². The Morgan fingerprint density at radius 3 is 2.57 bits per heavy atom. The number of nitrogens with one attached hydrogen (secondary N) is 2. The van der Waals surface area contributed by atoms with Crippen LogP contribution in [0.3, 0.4) is 0 Å². The molecule has 23 heavy (non-hydrogen) atoms. The molecule has 2 aromatic carbocycles. The van der Waals surface area contributed by atoms with Gasteiger partial charge in [-0.05, 0) is 30.3 Å². The summed E-state index contributed by atoms with van der Waals surface area (Å²) in [7, 11) is 3.36. The Morgan fingerprint density at radius 1 is 1.00 bits per heavy atom. The standard InChI is InChI=1S/C18H17N3O2/c1-22-12-8-6-11(7-9-12)19-18-15-10-14-13(17(15)20-21-18)4-3-5-16(14)23-2/h3-9H,10H2,1-2H3,(H2,19,20,21). The van der Waals surface area contributed by atoms with Gasteiger partial charge in [-0.1, -0.05) is 12.1 Å². The van der Waals surface area contributed by atoms with Crippen LogP contribution in [0, 0.1) is 0 Å². The second-order valence-corrected chi connectivity index (χ2v) is 5.44. The lowest BCUT2D eigenvalue weighted by Gasteiger charge is -2.08. The van der Waals surface area contributed by atoms with Gasteiger partial charge < -0.3 is 14.8 Å². The Hall–Kier alpha value is -2.95. The normalized spacial score (nSPS) is 11.7. The molecule has 0 spiro atoms. The fraction of sp³-hybridized carbons (Fsp3) is 0.167. The summed E-state index contributed by atoms with van der Waals surface area (Å²) in [6.07, 6.45) is 0.809. The highest BCUT2D eigenvalue weighted by atomic mass is 16.5. The van der Waals surface area contributed by atoms with Crippen molar-refractivity contribution in [2.75, 3.05) is 19.5 Å². The number of H-pyrrole nitrogens is 1. The van der Waals surface area contributed by atoms with Crippen molar-refractivity contribution in [1.29, 1.82) is 0 Å². The minimum atomic E-state index is 0.809. The maximum Gasteiger partial charge on any atom is 0.130 e. The van der Waals surface area contributed by atoms with Crippen LogP contribution in [0.1, 0.15) is 11.1 Å². The molecule has 0 bridgehead atoms. The first-order chi connectivity index (χ1) is 11.3. The number of anilines is 2. The summed E-state index contributed by atoms with van der Waals surface area (Å²) in [5, 5.41) is 11.0. The van der Waals surface area contributed by atoms with Crippen LogP contribution in [0.25, 0.3) is 11.3 Å². The third-order valence-corrected chi connectivity index (χ3v) is 4.19. The first-order valence-electron chi connectivity index (χ1n) is 7.44. The van der Waals surface area contributed by atoms with E-state index in [0.717, 1.165) is 40.7 Å². The molecule has 116 valence electrons. The molecule has 0 aliphatic heterocycles. The highest BCUT2D eigenvalue weighted by Gasteiger charge is 2.27.